The van der Waals surface area contributed by atoms with E-state index in [-0.39, 0.29) is 5.82 Å². The first-order valence-corrected chi connectivity index (χ1v) is 4.49. The normalized spacial score (nSPS) is 9.93. The van der Waals surface area contributed by atoms with Gasteiger partial charge in [-0.2, -0.15) is 0 Å². The topological polar surface area (TPSA) is 50.9 Å². The molecule has 15 heavy (non-hydrogen) atoms. The van der Waals surface area contributed by atoms with Crippen molar-refractivity contribution in [1.82, 2.24) is 4.98 Å². The number of hydrogen-bond donors (Lipinski definition) is 2. The van der Waals surface area contributed by atoms with Crippen LogP contribution in [0.4, 0.5) is 21.6 Å². The summed E-state index contributed by atoms with van der Waals surface area (Å²) >= 11 is 0. The Morgan fingerprint density at radius 2 is 1.80 bits per heavy atom. The number of benzene rings is 1. The van der Waals surface area contributed by atoms with Gasteiger partial charge in [-0.15, -0.1) is 0 Å². The highest BCUT2D eigenvalue weighted by Gasteiger charge is 2.03. The van der Waals surface area contributed by atoms with Gasteiger partial charge in [0.1, 0.15) is 11.6 Å². The molecule has 2 aromatic rings. The Hall–Kier alpha value is -2.10. The van der Waals surface area contributed by atoms with Crippen LogP contribution in [0.3, 0.4) is 0 Å². The number of nitrogens with zero attached hydrogens (tertiary/aromatic N) is 1. The molecular formula is C11H10FN3. The van der Waals surface area contributed by atoms with Crippen molar-refractivity contribution in [3.8, 4) is 0 Å². The Bertz CT molecular complexity index is 427. The molecule has 0 amide bonds. The highest BCUT2D eigenvalue weighted by Crippen LogP contribution is 2.22. The van der Waals surface area contributed by atoms with E-state index in [0.717, 1.165) is 0 Å². The number of hydrogen-bond acceptors (Lipinski definition) is 3. The molecule has 0 aliphatic rings. The fourth-order valence-corrected chi connectivity index (χ4v) is 1.23. The van der Waals surface area contributed by atoms with Crippen molar-refractivity contribution < 1.29 is 4.39 Å². The second-order valence-corrected chi connectivity index (χ2v) is 3.04. The lowest BCUT2D eigenvalue weighted by atomic mass is 10.3. The molecule has 0 unspecified atom stereocenters. The molecule has 0 saturated carbocycles. The van der Waals surface area contributed by atoms with Gasteiger partial charge in [0, 0.05) is 6.20 Å². The highest BCUT2D eigenvalue weighted by molar-refractivity contribution is 5.69. The lowest BCUT2D eigenvalue weighted by Crippen LogP contribution is -1.99. The first kappa shape index (κ1) is 9.45. The van der Waals surface area contributed by atoms with Crippen molar-refractivity contribution in [3.63, 3.8) is 0 Å². The zero-order valence-electron chi connectivity index (χ0n) is 7.94. The van der Waals surface area contributed by atoms with Crippen LogP contribution in [0.5, 0.6) is 0 Å². The second-order valence-electron chi connectivity index (χ2n) is 3.04. The summed E-state index contributed by atoms with van der Waals surface area (Å²) in [6.45, 7) is 0. The van der Waals surface area contributed by atoms with Gasteiger partial charge in [-0.25, -0.2) is 9.37 Å². The van der Waals surface area contributed by atoms with E-state index in [1.807, 2.05) is 0 Å². The molecule has 1 aromatic carbocycles. The van der Waals surface area contributed by atoms with Crippen molar-refractivity contribution in [2.24, 2.45) is 0 Å². The molecule has 4 heteroatoms. The van der Waals surface area contributed by atoms with E-state index in [4.69, 9.17) is 5.73 Å². The van der Waals surface area contributed by atoms with Crippen LogP contribution >= 0.6 is 0 Å². The van der Waals surface area contributed by atoms with Crippen LogP contribution in [0.25, 0.3) is 0 Å². The smallest absolute Gasteiger partial charge is 0.147 e. The minimum atomic E-state index is -0.319. The lowest BCUT2D eigenvalue weighted by Gasteiger charge is -2.08. The largest absolute Gasteiger partial charge is 0.382 e. The number of pyridine rings is 1. The Kier molecular flexibility index (Phi) is 2.49. The molecule has 0 atom stereocenters. The number of nitrogens with one attached hydrogen (secondary N) is 1. The SMILES string of the molecule is Nc1ncccc1Nc1ccccc1F. The van der Waals surface area contributed by atoms with Crippen molar-refractivity contribution in [1.29, 1.82) is 0 Å². The number of anilines is 3. The second kappa shape index (κ2) is 3.96. The summed E-state index contributed by atoms with van der Waals surface area (Å²) in [6.07, 6.45) is 1.59. The molecule has 76 valence electrons. The molecule has 1 heterocycles. The van der Waals surface area contributed by atoms with E-state index in [2.05, 4.69) is 10.3 Å². The van der Waals surface area contributed by atoms with Crippen LogP contribution < -0.4 is 11.1 Å². The first-order valence-electron chi connectivity index (χ1n) is 4.49. The Balaban J connectivity index is 2.30. The van der Waals surface area contributed by atoms with Gasteiger partial charge in [-0.1, -0.05) is 12.1 Å². The molecule has 1 aromatic heterocycles. The molecule has 3 N–H and O–H groups in total. The standard InChI is InChI=1S/C11H10FN3/c12-8-4-1-2-5-9(8)15-10-6-3-7-14-11(10)13/h1-7,15H,(H2,13,14). The molecule has 0 fully saturated rings. The van der Waals surface area contributed by atoms with Crippen molar-refractivity contribution in [2.45, 2.75) is 0 Å². The maximum absolute atomic E-state index is 13.3. The van der Waals surface area contributed by atoms with Gasteiger partial charge in [0.15, 0.2) is 0 Å². The fourth-order valence-electron chi connectivity index (χ4n) is 1.23. The Morgan fingerprint density at radius 3 is 2.53 bits per heavy atom. The molecule has 2 rings (SSSR count). The number of rotatable bonds is 2. The number of aromatic nitrogens is 1. The third kappa shape index (κ3) is 2.04. The average Bonchev–Trinajstić information content (AvgIpc) is 2.24. The van der Waals surface area contributed by atoms with E-state index in [1.54, 1.807) is 36.5 Å². The number of nitrogens with two attached hydrogens (primary N) is 1. The summed E-state index contributed by atoms with van der Waals surface area (Å²) in [6, 6.07) is 9.88. The van der Waals surface area contributed by atoms with Crippen LogP contribution in [0, 0.1) is 5.82 Å². The van der Waals surface area contributed by atoms with Gasteiger partial charge in [0.05, 0.1) is 11.4 Å². The summed E-state index contributed by atoms with van der Waals surface area (Å²) < 4.78 is 13.3. The van der Waals surface area contributed by atoms with E-state index in [0.29, 0.717) is 17.2 Å². The van der Waals surface area contributed by atoms with Gasteiger partial charge in [-0.3, -0.25) is 0 Å². The Morgan fingerprint density at radius 1 is 1.07 bits per heavy atom. The highest BCUT2D eigenvalue weighted by atomic mass is 19.1. The average molecular weight is 203 g/mol. The van der Waals surface area contributed by atoms with Gasteiger partial charge < -0.3 is 11.1 Å². The summed E-state index contributed by atoms with van der Waals surface area (Å²) in [4.78, 5) is 3.90. The third-order valence-electron chi connectivity index (χ3n) is 1.98. The summed E-state index contributed by atoms with van der Waals surface area (Å²) in [5.74, 6) is 0.0292. The third-order valence-corrected chi connectivity index (χ3v) is 1.98. The number of para-hydroxylation sites is 1. The van der Waals surface area contributed by atoms with Crippen molar-refractivity contribution in [2.75, 3.05) is 11.1 Å². The molecule has 0 spiro atoms. The zero-order chi connectivity index (χ0) is 10.7. The van der Waals surface area contributed by atoms with Gasteiger partial charge in [-0.05, 0) is 24.3 Å². The first-order chi connectivity index (χ1) is 7.27. The van der Waals surface area contributed by atoms with Gasteiger partial charge in [0.25, 0.3) is 0 Å². The fraction of sp³-hybridized carbons (Fsp3) is 0. The van der Waals surface area contributed by atoms with Crippen molar-refractivity contribution >= 4 is 17.2 Å². The maximum atomic E-state index is 13.3. The molecule has 0 aliphatic heterocycles. The number of halogens is 1. The molecule has 0 saturated heterocycles. The molecule has 0 radical (unpaired) electrons. The van der Waals surface area contributed by atoms with E-state index in [1.165, 1.54) is 6.07 Å². The predicted octanol–water partition coefficient (Wildman–Crippen LogP) is 2.55. The summed E-state index contributed by atoms with van der Waals surface area (Å²) in [7, 11) is 0. The lowest BCUT2D eigenvalue weighted by molar-refractivity contribution is 0.632. The monoisotopic (exact) mass is 203 g/mol. The number of nitrogen functional groups attached to an aromatic ring is 1. The van der Waals surface area contributed by atoms with Crippen LogP contribution in [0.15, 0.2) is 42.6 Å². The van der Waals surface area contributed by atoms with Crippen LogP contribution in [-0.2, 0) is 0 Å². The summed E-state index contributed by atoms with van der Waals surface area (Å²) in [5.41, 5.74) is 6.61. The maximum Gasteiger partial charge on any atom is 0.147 e. The van der Waals surface area contributed by atoms with E-state index in [9.17, 15) is 4.39 Å². The minimum Gasteiger partial charge on any atom is -0.382 e. The van der Waals surface area contributed by atoms with Crippen LogP contribution in [0.1, 0.15) is 0 Å². The van der Waals surface area contributed by atoms with E-state index >= 15 is 0 Å². The van der Waals surface area contributed by atoms with Gasteiger partial charge >= 0.3 is 0 Å². The van der Waals surface area contributed by atoms with Crippen molar-refractivity contribution in [3.05, 3.63) is 48.4 Å². The quantitative estimate of drug-likeness (QED) is 0.788. The minimum absolute atomic E-state index is 0.319. The molecule has 3 nitrogen and oxygen atoms in total. The molecule has 0 aliphatic carbocycles. The van der Waals surface area contributed by atoms with E-state index < -0.39 is 0 Å². The Labute approximate surface area is 86.8 Å². The molecular weight excluding hydrogens is 193 g/mol. The predicted molar refractivity (Wildman–Crippen MR) is 58.3 cm³/mol. The zero-order valence-corrected chi connectivity index (χ0v) is 7.94. The summed E-state index contributed by atoms with van der Waals surface area (Å²) in [5, 5.41) is 2.88. The van der Waals surface area contributed by atoms with Gasteiger partial charge in [0.2, 0.25) is 0 Å². The van der Waals surface area contributed by atoms with Crippen LogP contribution in [0.2, 0.25) is 0 Å². The van der Waals surface area contributed by atoms with Crippen LogP contribution in [-0.4, -0.2) is 4.98 Å². The molecule has 0 bridgehead atoms.